The van der Waals surface area contributed by atoms with E-state index in [1.54, 1.807) is 25.1 Å². The number of amides is 1. The standard InChI is InChI=1S/C19H12Cl2F3NO2/c1-10-14(9-17(27-10)11-5-6-15(20)16(21)7-11)18(26)25-13-4-2-3-12(8-13)19(22,23)24/h2-9H,1H3,(H,25,26). The lowest BCUT2D eigenvalue weighted by molar-refractivity contribution is -0.137. The summed E-state index contributed by atoms with van der Waals surface area (Å²) in [5.74, 6) is 0.127. The number of benzene rings is 2. The minimum atomic E-state index is -4.49. The maximum Gasteiger partial charge on any atom is 0.416 e. The number of nitrogens with one attached hydrogen (secondary N) is 1. The van der Waals surface area contributed by atoms with Crippen LogP contribution in [0.3, 0.4) is 0 Å². The number of hydrogen-bond donors (Lipinski definition) is 1. The van der Waals surface area contributed by atoms with Crippen LogP contribution in [0.4, 0.5) is 18.9 Å². The Bertz CT molecular complexity index is 1010. The van der Waals surface area contributed by atoms with Crippen LogP contribution in [0.15, 0.2) is 52.9 Å². The Labute approximate surface area is 162 Å². The van der Waals surface area contributed by atoms with E-state index < -0.39 is 17.6 Å². The molecule has 1 amide bonds. The highest BCUT2D eigenvalue weighted by atomic mass is 35.5. The summed E-state index contributed by atoms with van der Waals surface area (Å²) in [5, 5.41) is 3.16. The average Bonchev–Trinajstić information content (AvgIpc) is 2.99. The minimum absolute atomic E-state index is 0.0338. The third-order valence-electron chi connectivity index (χ3n) is 3.81. The van der Waals surface area contributed by atoms with Crippen molar-refractivity contribution in [1.82, 2.24) is 0 Å². The number of carbonyl (C=O) groups is 1. The number of carbonyl (C=O) groups excluding carboxylic acids is 1. The Morgan fingerprint density at radius 3 is 2.44 bits per heavy atom. The van der Waals surface area contributed by atoms with Gasteiger partial charge in [-0.25, -0.2) is 0 Å². The molecule has 0 spiro atoms. The van der Waals surface area contributed by atoms with Crippen LogP contribution >= 0.6 is 23.2 Å². The highest BCUT2D eigenvalue weighted by Gasteiger charge is 2.30. The third kappa shape index (κ3) is 4.28. The summed E-state index contributed by atoms with van der Waals surface area (Å²) in [7, 11) is 0. The lowest BCUT2D eigenvalue weighted by atomic mass is 10.1. The molecule has 0 atom stereocenters. The number of hydrogen-bond acceptors (Lipinski definition) is 2. The van der Waals surface area contributed by atoms with Gasteiger partial charge in [-0.1, -0.05) is 29.3 Å². The molecule has 3 aromatic rings. The molecule has 3 nitrogen and oxygen atoms in total. The second kappa shape index (κ2) is 7.29. The summed E-state index contributed by atoms with van der Waals surface area (Å²) in [6, 6.07) is 10.8. The molecular weight excluding hydrogens is 402 g/mol. The zero-order valence-electron chi connectivity index (χ0n) is 13.8. The van der Waals surface area contributed by atoms with E-state index in [0.717, 1.165) is 12.1 Å². The van der Waals surface area contributed by atoms with Gasteiger partial charge in [-0.3, -0.25) is 4.79 Å². The van der Waals surface area contributed by atoms with E-state index in [0.29, 0.717) is 27.1 Å². The van der Waals surface area contributed by atoms with Crippen molar-refractivity contribution in [2.75, 3.05) is 5.32 Å². The summed E-state index contributed by atoms with van der Waals surface area (Å²) in [5.41, 5.74) is 0.00586. The number of furan rings is 1. The van der Waals surface area contributed by atoms with E-state index in [4.69, 9.17) is 27.6 Å². The Morgan fingerprint density at radius 1 is 1.04 bits per heavy atom. The molecule has 0 saturated heterocycles. The first kappa shape index (κ1) is 19.3. The van der Waals surface area contributed by atoms with Gasteiger partial charge < -0.3 is 9.73 Å². The van der Waals surface area contributed by atoms with Crippen molar-refractivity contribution >= 4 is 34.8 Å². The van der Waals surface area contributed by atoms with Gasteiger partial charge in [0, 0.05) is 11.3 Å². The first-order valence-electron chi connectivity index (χ1n) is 7.69. The largest absolute Gasteiger partial charge is 0.461 e. The van der Waals surface area contributed by atoms with Crippen molar-refractivity contribution in [2.45, 2.75) is 13.1 Å². The van der Waals surface area contributed by atoms with Crippen LogP contribution in [0.5, 0.6) is 0 Å². The molecule has 0 bridgehead atoms. The first-order chi connectivity index (χ1) is 12.6. The Kier molecular flexibility index (Phi) is 5.22. The number of rotatable bonds is 3. The van der Waals surface area contributed by atoms with Crippen molar-refractivity contribution in [3.63, 3.8) is 0 Å². The zero-order valence-corrected chi connectivity index (χ0v) is 15.3. The van der Waals surface area contributed by atoms with E-state index >= 15 is 0 Å². The Balaban J connectivity index is 1.86. The summed E-state index contributed by atoms with van der Waals surface area (Å²) in [6.07, 6.45) is -4.49. The number of halogens is 5. The van der Waals surface area contributed by atoms with Crippen LogP contribution in [0.25, 0.3) is 11.3 Å². The molecule has 27 heavy (non-hydrogen) atoms. The SMILES string of the molecule is Cc1oc(-c2ccc(Cl)c(Cl)c2)cc1C(=O)Nc1cccc(C(F)(F)F)c1. The molecule has 1 aromatic heterocycles. The van der Waals surface area contributed by atoms with Crippen molar-refractivity contribution in [1.29, 1.82) is 0 Å². The van der Waals surface area contributed by atoms with E-state index in [-0.39, 0.29) is 11.3 Å². The summed E-state index contributed by atoms with van der Waals surface area (Å²) in [4.78, 5) is 12.5. The van der Waals surface area contributed by atoms with Gasteiger partial charge in [-0.15, -0.1) is 0 Å². The molecule has 0 aliphatic rings. The number of anilines is 1. The minimum Gasteiger partial charge on any atom is -0.461 e. The normalized spacial score (nSPS) is 11.5. The van der Waals surface area contributed by atoms with Crippen molar-refractivity contribution < 1.29 is 22.4 Å². The molecule has 0 aliphatic heterocycles. The van der Waals surface area contributed by atoms with Gasteiger partial charge in [-0.05, 0) is 49.4 Å². The second-order valence-corrected chi connectivity index (χ2v) is 6.56. The van der Waals surface area contributed by atoms with Crippen molar-refractivity contribution in [3.8, 4) is 11.3 Å². The molecule has 3 rings (SSSR count). The van der Waals surface area contributed by atoms with Gasteiger partial charge in [0.1, 0.15) is 11.5 Å². The van der Waals surface area contributed by atoms with Crippen LogP contribution in [0.2, 0.25) is 10.0 Å². The topological polar surface area (TPSA) is 42.2 Å². The fraction of sp³-hybridized carbons (Fsp3) is 0.105. The summed E-state index contributed by atoms with van der Waals surface area (Å²) < 4.78 is 44.0. The predicted molar refractivity (Wildman–Crippen MR) is 98.3 cm³/mol. The van der Waals surface area contributed by atoms with E-state index in [2.05, 4.69) is 5.32 Å². The van der Waals surface area contributed by atoms with Crippen molar-refractivity contribution in [3.05, 3.63) is 75.5 Å². The van der Waals surface area contributed by atoms with Gasteiger partial charge in [0.05, 0.1) is 21.2 Å². The van der Waals surface area contributed by atoms with E-state index in [9.17, 15) is 18.0 Å². The molecule has 0 unspecified atom stereocenters. The van der Waals surface area contributed by atoms with Gasteiger partial charge in [0.2, 0.25) is 0 Å². The lowest BCUT2D eigenvalue weighted by Crippen LogP contribution is -2.13. The van der Waals surface area contributed by atoms with Gasteiger partial charge in [0.15, 0.2) is 0 Å². The fourth-order valence-electron chi connectivity index (χ4n) is 2.47. The Morgan fingerprint density at radius 2 is 1.78 bits per heavy atom. The van der Waals surface area contributed by atoms with Crippen LogP contribution in [-0.2, 0) is 6.18 Å². The van der Waals surface area contributed by atoms with Crippen LogP contribution in [0.1, 0.15) is 21.7 Å². The van der Waals surface area contributed by atoms with Gasteiger partial charge in [-0.2, -0.15) is 13.2 Å². The van der Waals surface area contributed by atoms with Crippen molar-refractivity contribution in [2.24, 2.45) is 0 Å². The Hall–Kier alpha value is -2.44. The van der Waals surface area contributed by atoms with Gasteiger partial charge in [0.25, 0.3) is 5.91 Å². The predicted octanol–water partition coefficient (Wildman–Crippen LogP) is 6.83. The molecule has 8 heteroatoms. The van der Waals surface area contributed by atoms with Crippen LogP contribution in [0, 0.1) is 6.92 Å². The highest BCUT2D eigenvalue weighted by molar-refractivity contribution is 6.42. The van der Waals surface area contributed by atoms with Crippen LogP contribution in [-0.4, -0.2) is 5.91 Å². The highest BCUT2D eigenvalue weighted by Crippen LogP contribution is 2.32. The number of alkyl halides is 3. The molecular formula is C19H12Cl2F3NO2. The average molecular weight is 414 g/mol. The number of aryl methyl sites for hydroxylation is 1. The van der Waals surface area contributed by atoms with E-state index in [1.165, 1.54) is 18.2 Å². The summed E-state index contributed by atoms with van der Waals surface area (Å²) >= 11 is 11.9. The molecule has 1 heterocycles. The quantitative estimate of drug-likeness (QED) is 0.510. The van der Waals surface area contributed by atoms with Crippen LogP contribution < -0.4 is 5.32 Å². The maximum atomic E-state index is 12.8. The molecule has 0 saturated carbocycles. The molecule has 0 radical (unpaired) electrons. The molecule has 2 aromatic carbocycles. The summed E-state index contributed by atoms with van der Waals surface area (Å²) in [6.45, 7) is 1.59. The maximum absolute atomic E-state index is 12.8. The van der Waals surface area contributed by atoms with Gasteiger partial charge >= 0.3 is 6.18 Å². The third-order valence-corrected chi connectivity index (χ3v) is 4.55. The first-order valence-corrected chi connectivity index (χ1v) is 8.45. The smallest absolute Gasteiger partial charge is 0.416 e. The monoisotopic (exact) mass is 413 g/mol. The molecule has 0 aliphatic carbocycles. The van der Waals surface area contributed by atoms with E-state index in [1.807, 2.05) is 0 Å². The molecule has 1 N–H and O–H groups in total. The second-order valence-electron chi connectivity index (χ2n) is 5.74. The molecule has 140 valence electrons. The molecule has 0 fully saturated rings. The zero-order chi connectivity index (χ0) is 19.8. The lowest BCUT2D eigenvalue weighted by Gasteiger charge is -2.09. The fourth-order valence-corrected chi connectivity index (χ4v) is 2.77.